The number of nitrogens with two attached hydrogens (primary N) is 1. The average molecular weight is 338 g/mol. The Bertz CT molecular complexity index is 835. The lowest BCUT2D eigenvalue weighted by atomic mass is 10.1. The van der Waals surface area contributed by atoms with Crippen molar-refractivity contribution in [3.05, 3.63) is 54.1 Å². The molecule has 1 saturated heterocycles. The monoisotopic (exact) mass is 338 g/mol. The summed E-state index contributed by atoms with van der Waals surface area (Å²) in [5.74, 6) is -0.229. The molecule has 0 radical (unpaired) electrons. The van der Waals surface area contributed by atoms with Crippen LogP contribution in [0.15, 0.2) is 48.5 Å². The summed E-state index contributed by atoms with van der Waals surface area (Å²) in [7, 11) is 0. The maximum absolute atomic E-state index is 12.5. The third kappa shape index (κ3) is 3.95. The van der Waals surface area contributed by atoms with Crippen molar-refractivity contribution in [3.8, 4) is 0 Å². The first-order valence-corrected chi connectivity index (χ1v) is 7.91. The van der Waals surface area contributed by atoms with Crippen LogP contribution < -0.4 is 21.3 Å². The number of anilines is 3. The number of hydrogen-bond donors (Lipinski definition) is 3. The Kier molecular flexibility index (Phi) is 4.65. The second-order valence-electron chi connectivity index (χ2n) is 5.72. The maximum Gasteiger partial charge on any atom is 0.316 e. The fourth-order valence-electron chi connectivity index (χ4n) is 2.76. The molecule has 0 aromatic heterocycles. The summed E-state index contributed by atoms with van der Waals surface area (Å²) < 4.78 is 0. The van der Waals surface area contributed by atoms with Crippen LogP contribution in [0.2, 0.25) is 0 Å². The van der Waals surface area contributed by atoms with Crippen molar-refractivity contribution in [2.24, 2.45) is 5.73 Å². The van der Waals surface area contributed by atoms with E-state index in [4.69, 9.17) is 5.73 Å². The van der Waals surface area contributed by atoms with Gasteiger partial charge in [0.25, 0.3) is 5.91 Å². The molecule has 0 bridgehead atoms. The lowest BCUT2D eigenvalue weighted by molar-refractivity contribution is -0.117. The number of carbonyl (C=O) groups is 3. The predicted octanol–water partition coefficient (Wildman–Crippen LogP) is 2.56. The minimum atomic E-state index is -0.675. The summed E-state index contributed by atoms with van der Waals surface area (Å²) in [4.78, 5) is 36.9. The van der Waals surface area contributed by atoms with Crippen LogP contribution in [0.4, 0.5) is 21.9 Å². The van der Waals surface area contributed by atoms with Crippen molar-refractivity contribution in [1.29, 1.82) is 0 Å². The molecule has 1 fully saturated rings. The number of benzene rings is 2. The zero-order valence-electron chi connectivity index (χ0n) is 13.5. The van der Waals surface area contributed by atoms with E-state index in [2.05, 4.69) is 10.6 Å². The summed E-state index contributed by atoms with van der Waals surface area (Å²) >= 11 is 0. The van der Waals surface area contributed by atoms with E-state index >= 15 is 0 Å². The first kappa shape index (κ1) is 16.5. The molecular weight excluding hydrogens is 320 g/mol. The van der Waals surface area contributed by atoms with E-state index in [-0.39, 0.29) is 11.8 Å². The van der Waals surface area contributed by atoms with Crippen LogP contribution in [0.5, 0.6) is 0 Å². The standard InChI is InChI=1S/C18H18N4O3/c19-18(25)21-14-6-2-5-13(11-14)20-17(24)12-4-1-7-15(10-12)22-9-3-8-16(22)23/h1-2,4-7,10-11H,3,8-9H2,(H,20,24)(H3,19,21,25). The second-order valence-corrected chi connectivity index (χ2v) is 5.72. The highest BCUT2D eigenvalue weighted by Gasteiger charge is 2.22. The lowest BCUT2D eigenvalue weighted by Crippen LogP contribution is -2.24. The van der Waals surface area contributed by atoms with Gasteiger partial charge in [-0.15, -0.1) is 0 Å². The Labute approximate surface area is 144 Å². The quantitative estimate of drug-likeness (QED) is 0.798. The molecule has 1 aliphatic rings. The molecule has 0 spiro atoms. The number of rotatable bonds is 4. The van der Waals surface area contributed by atoms with E-state index in [0.717, 1.165) is 12.1 Å². The number of nitrogens with zero attached hydrogens (tertiary/aromatic N) is 1. The largest absolute Gasteiger partial charge is 0.351 e. The maximum atomic E-state index is 12.5. The van der Waals surface area contributed by atoms with Gasteiger partial charge in [-0.1, -0.05) is 12.1 Å². The molecular formula is C18H18N4O3. The second kappa shape index (κ2) is 7.04. The fraction of sp³-hybridized carbons (Fsp3) is 0.167. The van der Waals surface area contributed by atoms with Crippen LogP contribution >= 0.6 is 0 Å². The van der Waals surface area contributed by atoms with Gasteiger partial charge in [0.2, 0.25) is 5.91 Å². The van der Waals surface area contributed by atoms with Crippen molar-refractivity contribution >= 4 is 34.9 Å². The summed E-state index contributed by atoms with van der Waals surface area (Å²) in [5, 5.41) is 5.22. The Hall–Kier alpha value is -3.35. The van der Waals surface area contributed by atoms with Crippen LogP contribution in [0.1, 0.15) is 23.2 Å². The molecule has 1 heterocycles. The summed E-state index contributed by atoms with van der Waals surface area (Å²) in [6.45, 7) is 0.671. The minimum Gasteiger partial charge on any atom is -0.351 e. The lowest BCUT2D eigenvalue weighted by Gasteiger charge is -2.16. The highest BCUT2D eigenvalue weighted by molar-refractivity contribution is 6.06. The van der Waals surface area contributed by atoms with E-state index in [9.17, 15) is 14.4 Å². The number of nitrogens with one attached hydrogen (secondary N) is 2. The van der Waals surface area contributed by atoms with E-state index < -0.39 is 6.03 Å². The number of urea groups is 1. The Balaban J connectivity index is 1.75. The molecule has 2 aromatic carbocycles. The summed E-state index contributed by atoms with van der Waals surface area (Å²) in [6, 6.07) is 13.0. The van der Waals surface area contributed by atoms with Crippen LogP contribution in [0, 0.1) is 0 Å². The number of carbonyl (C=O) groups excluding carboxylic acids is 3. The number of primary amides is 1. The van der Waals surface area contributed by atoms with Gasteiger partial charge < -0.3 is 21.3 Å². The Morgan fingerprint density at radius 1 is 1.00 bits per heavy atom. The van der Waals surface area contributed by atoms with Crippen molar-refractivity contribution in [3.63, 3.8) is 0 Å². The predicted molar refractivity (Wildman–Crippen MR) is 95.6 cm³/mol. The summed E-state index contributed by atoms with van der Waals surface area (Å²) in [6.07, 6.45) is 1.37. The molecule has 25 heavy (non-hydrogen) atoms. The van der Waals surface area contributed by atoms with Gasteiger partial charge in [0, 0.05) is 35.6 Å². The highest BCUT2D eigenvalue weighted by atomic mass is 16.2. The number of hydrogen-bond acceptors (Lipinski definition) is 3. The molecule has 0 aliphatic carbocycles. The van der Waals surface area contributed by atoms with Gasteiger partial charge in [-0.05, 0) is 42.8 Å². The molecule has 1 aliphatic heterocycles. The highest BCUT2D eigenvalue weighted by Crippen LogP contribution is 2.23. The van der Waals surface area contributed by atoms with E-state index in [1.54, 1.807) is 47.4 Å². The molecule has 7 heteroatoms. The van der Waals surface area contributed by atoms with Crippen LogP contribution in [-0.2, 0) is 4.79 Å². The van der Waals surface area contributed by atoms with Crippen molar-refractivity contribution in [2.75, 3.05) is 22.1 Å². The van der Waals surface area contributed by atoms with Gasteiger partial charge in [0.15, 0.2) is 0 Å². The zero-order chi connectivity index (χ0) is 17.8. The van der Waals surface area contributed by atoms with Crippen LogP contribution in [0.25, 0.3) is 0 Å². The van der Waals surface area contributed by atoms with Crippen LogP contribution in [0.3, 0.4) is 0 Å². The SMILES string of the molecule is NC(=O)Nc1cccc(NC(=O)c2cccc(N3CCCC3=O)c2)c1. The smallest absolute Gasteiger partial charge is 0.316 e. The average Bonchev–Trinajstić information content (AvgIpc) is 3.01. The molecule has 0 atom stereocenters. The number of amides is 4. The van der Waals surface area contributed by atoms with Gasteiger partial charge in [-0.25, -0.2) is 4.79 Å². The molecule has 7 nitrogen and oxygen atoms in total. The molecule has 0 unspecified atom stereocenters. The van der Waals surface area contributed by atoms with Gasteiger partial charge in [-0.2, -0.15) is 0 Å². The van der Waals surface area contributed by atoms with Crippen molar-refractivity contribution < 1.29 is 14.4 Å². The van der Waals surface area contributed by atoms with Crippen LogP contribution in [-0.4, -0.2) is 24.4 Å². The first-order valence-electron chi connectivity index (χ1n) is 7.91. The Morgan fingerprint density at radius 3 is 2.40 bits per heavy atom. The topological polar surface area (TPSA) is 105 Å². The Morgan fingerprint density at radius 2 is 1.72 bits per heavy atom. The minimum absolute atomic E-state index is 0.0720. The van der Waals surface area contributed by atoms with Gasteiger partial charge in [-0.3, -0.25) is 9.59 Å². The van der Waals surface area contributed by atoms with Gasteiger partial charge >= 0.3 is 6.03 Å². The molecule has 3 rings (SSSR count). The van der Waals surface area contributed by atoms with E-state index in [1.807, 2.05) is 6.07 Å². The third-order valence-electron chi connectivity index (χ3n) is 3.88. The van der Waals surface area contributed by atoms with Gasteiger partial charge in [0.1, 0.15) is 0 Å². The van der Waals surface area contributed by atoms with Gasteiger partial charge in [0.05, 0.1) is 0 Å². The van der Waals surface area contributed by atoms with E-state index in [1.165, 1.54) is 0 Å². The molecule has 0 saturated carbocycles. The van der Waals surface area contributed by atoms with Crippen molar-refractivity contribution in [2.45, 2.75) is 12.8 Å². The van der Waals surface area contributed by atoms with E-state index in [0.29, 0.717) is 29.9 Å². The molecule has 128 valence electrons. The van der Waals surface area contributed by atoms with Crippen molar-refractivity contribution in [1.82, 2.24) is 0 Å². The fourth-order valence-corrected chi connectivity index (χ4v) is 2.76. The molecule has 2 aromatic rings. The third-order valence-corrected chi connectivity index (χ3v) is 3.88. The zero-order valence-corrected chi connectivity index (χ0v) is 13.5. The normalized spacial score (nSPS) is 13.6. The molecule has 4 N–H and O–H groups in total. The first-order chi connectivity index (χ1) is 12.0. The summed E-state index contributed by atoms with van der Waals surface area (Å²) in [5.41, 5.74) is 7.27. The molecule has 4 amide bonds.